The third-order valence-corrected chi connectivity index (χ3v) is 3.75. The van der Waals surface area contributed by atoms with Crippen molar-refractivity contribution in [3.63, 3.8) is 0 Å². The number of aryl methyl sites for hydroxylation is 1. The van der Waals surface area contributed by atoms with Crippen molar-refractivity contribution < 1.29 is 0 Å². The van der Waals surface area contributed by atoms with Crippen molar-refractivity contribution in [1.82, 2.24) is 14.5 Å². The topological polar surface area (TPSA) is 42.7 Å². The number of nitrogens with one attached hydrogen (secondary N) is 1. The maximum absolute atomic E-state index is 4.53. The lowest BCUT2D eigenvalue weighted by atomic mass is 10.3. The van der Waals surface area contributed by atoms with Crippen LogP contribution in [-0.4, -0.2) is 21.1 Å². The summed E-state index contributed by atoms with van der Waals surface area (Å²) in [6.45, 7) is 7.27. The fourth-order valence-electron chi connectivity index (χ4n) is 1.68. The first kappa shape index (κ1) is 12.1. The molecule has 0 aliphatic carbocycles. The summed E-state index contributed by atoms with van der Waals surface area (Å²) in [6.07, 6.45) is 4.92. The Bertz CT molecular complexity index is 474. The second kappa shape index (κ2) is 5.31. The molecule has 0 fully saturated rings. The third kappa shape index (κ3) is 2.66. The molecule has 92 valence electrons. The lowest BCUT2D eigenvalue weighted by Gasteiger charge is -2.14. The minimum absolute atomic E-state index is 0.232. The number of hydrogen-bond acceptors (Lipinski definition) is 4. The van der Waals surface area contributed by atoms with Crippen molar-refractivity contribution in [3.8, 4) is 0 Å². The van der Waals surface area contributed by atoms with Crippen molar-refractivity contribution in [1.29, 1.82) is 0 Å². The van der Waals surface area contributed by atoms with Crippen LogP contribution in [-0.2, 0) is 0 Å². The van der Waals surface area contributed by atoms with E-state index in [9.17, 15) is 0 Å². The second-order valence-electron chi connectivity index (χ2n) is 4.09. The molecule has 4 nitrogen and oxygen atoms in total. The summed E-state index contributed by atoms with van der Waals surface area (Å²) in [4.78, 5) is 8.87. The molecule has 2 aromatic rings. The van der Waals surface area contributed by atoms with Crippen LogP contribution in [0.1, 0.15) is 37.0 Å². The van der Waals surface area contributed by atoms with E-state index in [1.807, 2.05) is 19.3 Å². The molecule has 2 heterocycles. The van der Waals surface area contributed by atoms with Crippen molar-refractivity contribution in [2.24, 2.45) is 0 Å². The van der Waals surface area contributed by atoms with Gasteiger partial charge in [-0.2, -0.15) is 0 Å². The Labute approximate surface area is 106 Å². The largest absolute Gasteiger partial charge is 0.356 e. The van der Waals surface area contributed by atoms with Crippen molar-refractivity contribution >= 4 is 17.3 Å². The Morgan fingerprint density at radius 1 is 1.53 bits per heavy atom. The molecule has 0 amide bonds. The molecule has 0 saturated carbocycles. The van der Waals surface area contributed by atoms with E-state index < -0.39 is 0 Å². The van der Waals surface area contributed by atoms with Crippen LogP contribution >= 0.6 is 11.3 Å². The average Bonchev–Trinajstić information content (AvgIpc) is 2.94. The summed E-state index contributed by atoms with van der Waals surface area (Å²) in [5.41, 5.74) is 1.08. The highest BCUT2D eigenvalue weighted by Gasteiger charge is 2.14. The Morgan fingerprint density at radius 2 is 2.35 bits per heavy atom. The van der Waals surface area contributed by atoms with E-state index in [0.29, 0.717) is 0 Å². The van der Waals surface area contributed by atoms with Crippen molar-refractivity contribution in [2.45, 2.75) is 33.2 Å². The van der Waals surface area contributed by atoms with Crippen LogP contribution < -0.4 is 5.32 Å². The monoisotopic (exact) mass is 250 g/mol. The van der Waals surface area contributed by atoms with Gasteiger partial charge in [-0.1, -0.05) is 6.92 Å². The molecule has 0 bridgehead atoms. The molecule has 2 aromatic heterocycles. The Hall–Kier alpha value is -1.36. The highest BCUT2D eigenvalue weighted by atomic mass is 32.1. The maximum Gasteiger partial charge on any atom is 0.203 e. The van der Waals surface area contributed by atoms with Gasteiger partial charge in [0, 0.05) is 30.0 Å². The number of nitrogens with zero attached hydrogens (tertiary/aromatic N) is 3. The molecule has 5 heteroatoms. The molecule has 1 N–H and O–H groups in total. The van der Waals surface area contributed by atoms with Crippen LogP contribution in [0.4, 0.5) is 5.95 Å². The number of rotatable bonds is 5. The third-order valence-electron chi connectivity index (χ3n) is 2.61. The molecule has 2 rings (SSSR count). The highest BCUT2D eigenvalue weighted by molar-refractivity contribution is 7.09. The molecule has 0 aliphatic heterocycles. The number of anilines is 1. The summed E-state index contributed by atoms with van der Waals surface area (Å²) in [6, 6.07) is 0.232. The van der Waals surface area contributed by atoms with Gasteiger partial charge in [0.05, 0.1) is 6.04 Å². The van der Waals surface area contributed by atoms with Gasteiger partial charge in [0.1, 0.15) is 5.01 Å². The van der Waals surface area contributed by atoms with Crippen LogP contribution in [0.5, 0.6) is 0 Å². The van der Waals surface area contributed by atoms with Gasteiger partial charge in [-0.25, -0.2) is 9.97 Å². The lowest BCUT2D eigenvalue weighted by Crippen LogP contribution is -2.12. The van der Waals surface area contributed by atoms with E-state index in [1.54, 1.807) is 11.3 Å². The Kier molecular flexibility index (Phi) is 3.78. The summed E-state index contributed by atoms with van der Waals surface area (Å²) >= 11 is 1.70. The first-order valence-corrected chi connectivity index (χ1v) is 6.79. The quantitative estimate of drug-likeness (QED) is 0.886. The molecule has 1 unspecified atom stereocenters. The zero-order valence-electron chi connectivity index (χ0n) is 10.5. The van der Waals surface area contributed by atoms with Crippen LogP contribution in [0.3, 0.4) is 0 Å². The molecule has 0 radical (unpaired) electrons. The Balaban J connectivity index is 2.18. The molecule has 17 heavy (non-hydrogen) atoms. The molecule has 0 saturated heterocycles. The number of hydrogen-bond donors (Lipinski definition) is 1. The smallest absolute Gasteiger partial charge is 0.203 e. The second-order valence-corrected chi connectivity index (χ2v) is 4.98. The first-order valence-electron chi connectivity index (χ1n) is 5.91. The highest BCUT2D eigenvalue weighted by Crippen LogP contribution is 2.24. The van der Waals surface area contributed by atoms with Crippen molar-refractivity contribution in [3.05, 3.63) is 28.5 Å². The van der Waals surface area contributed by atoms with Crippen LogP contribution in [0, 0.1) is 6.92 Å². The summed E-state index contributed by atoms with van der Waals surface area (Å²) < 4.78 is 2.13. The molecule has 0 spiro atoms. The van der Waals surface area contributed by atoms with Crippen LogP contribution in [0.15, 0.2) is 17.8 Å². The number of thiazole rings is 1. The molecular formula is C12H18N4S. The fraction of sp³-hybridized carbons (Fsp3) is 0.500. The minimum atomic E-state index is 0.232. The normalized spacial score (nSPS) is 12.6. The van der Waals surface area contributed by atoms with E-state index >= 15 is 0 Å². The average molecular weight is 250 g/mol. The van der Waals surface area contributed by atoms with E-state index in [4.69, 9.17) is 0 Å². The molecule has 0 aliphatic rings. The standard InChI is InChI=1S/C12H18N4S/c1-4-5-13-12-14-6-7-16(12)10(3)11-15-9(2)8-17-11/h6-8,10H,4-5H2,1-3H3,(H,13,14). The minimum Gasteiger partial charge on any atom is -0.356 e. The molecule has 0 aromatic carbocycles. The van der Waals surface area contributed by atoms with Gasteiger partial charge in [-0.05, 0) is 20.3 Å². The van der Waals surface area contributed by atoms with Crippen LogP contribution in [0.25, 0.3) is 0 Å². The van der Waals surface area contributed by atoms with Gasteiger partial charge < -0.3 is 9.88 Å². The summed E-state index contributed by atoms with van der Waals surface area (Å²) in [7, 11) is 0. The first-order chi connectivity index (χ1) is 8.22. The lowest BCUT2D eigenvalue weighted by molar-refractivity contribution is 0.637. The predicted octanol–water partition coefficient (Wildman–Crippen LogP) is 3.08. The maximum atomic E-state index is 4.53. The van der Waals surface area contributed by atoms with Crippen LogP contribution in [0.2, 0.25) is 0 Å². The number of imidazole rings is 1. The Morgan fingerprint density at radius 3 is 3.00 bits per heavy atom. The van der Waals surface area contributed by atoms with E-state index in [0.717, 1.165) is 29.6 Å². The molecule has 1 atom stereocenters. The van der Waals surface area contributed by atoms with E-state index in [-0.39, 0.29) is 6.04 Å². The zero-order chi connectivity index (χ0) is 12.3. The van der Waals surface area contributed by atoms with Gasteiger partial charge >= 0.3 is 0 Å². The fourth-order valence-corrected chi connectivity index (χ4v) is 2.53. The van der Waals surface area contributed by atoms with Gasteiger partial charge in [0.2, 0.25) is 5.95 Å². The number of aromatic nitrogens is 3. The van der Waals surface area contributed by atoms with Crippen molar-refractivity contribution in [2.75, 3.05) is 11.9 Å². The van der Waals surface area contributed by atoms with Gasteiger partial charge in [-0.3, -0.25) is 0 Å². The van der Waals surface area contributed by atoms with Gasteiger partial charge in [0.15, 0.2) is 0 Å². The summed E-state index contributed by atoms with van der Waals surface area (Å²) in [5, 5.41) is 6.54. The SMILES string of the molecule is CCCNc1nccn1C(C)c1nc(C)cs1. The van der Waals surface area contributed by atoms with Gasteiger partial charge in [0.25, 0.3) is 0 Å². The molecular weight excluding hydrogens is 232 g/mol. The van der Waals surface area contributed by atoms with E-state index in [1.165, 1.54) is 0 Å². The summed E-state index contributed by atoms with van der Waals surface area (Å²) in [5.74, 6) is 0.923. The predicted molar refractivity (Wildman–Crippen MR) is 71.7 cm³/mol. The zero-order valence-corrected chi connectivity index (χ0v) is 11.3. The van der Waals surface area contributed by atoms with Gasteiger partial charge in [-0.15, -0.1) is 11.3 Å². The van der Waals surface area contributed by atoms with E-state index in [2.05, 4.69) is 39.1 Å².